The molecule has 0 spiro atoms. The van der Waals surface area contributed by atoms with Gasteiger partial charge >= 0.3 is 0 Å². The minimum absolute atomic E-state index is 0.0741. The zero-order valence-corrected chi connectivity index (χ0v) is 17.8. The summed E-state index contributed by atoms with van der Waals surface area (Å²) in [4.78, 5) is 12.5. The molecule has 0 bridgehead atoms. The van der Waals surface area contributed by atoms with Crippen molar-refractivity contribution in [3.05, 3.63) is 95.6 Å². The van der Waals surface area contributed by atoms with E-state index in [0.717, 1.165) is 22.6 Å². The lowest BCUT2D eigenvalue weighted by Crippen LogP contribution is -2.16. The molecular weight excluding hydrogens is 394 g/mol. The fourth-order valence-corrected chi connectivity index (χ4v) is 3.86. The number of nitrogens with zero attached hydrogens (tertiary/aromatic N) is 4. The van der Waals surface area contributed by atoms with Crippen LogP contribution in [-0.4, -0.2) is 31.2 Å². The maximum absolute atomic E-state index is 12.5. The van der Waals surface area contributed by atoms with Gasteiger partial charge in [0.15, 0.2) is 5.82 Å². The Morgan fingerprint density at radius 2 is 1.73 bits per heavy atom. The van der Waals surface area contributed by atoms with Crippen LogP contribution in [0.15, 0.2) is 78.2 Å². The third kappa shape index (κ3) is 4.63. The lowest BCUT2D eigenvalue weighted by Gasteiger charge is -2.11. The quantitative estimate of drug-likeness (QED) is 0.455. The van der Waals surface area contributed by atoms with Crippen molar-refractivity contribution in [1.29, 1.82) is 0 Å². The molecule has 152 valence electrons. The number of anilines is 1. The molecule has 7 heteroatoms. The third-order valence-corrected chi connectivity index (χ3v) is 5.74. The summed E-state index contributed by atoms with van der Waals surface area (Å²) >= 11 is 1.37. The van der Waals surface area contributed by atoms with E-state index in [1.54, 1.807) is 0 Å². The average Bonchev–Trinajstić information content (AvgIpc) is 3.40. The molecule has 1 N–H and O–H groups in total. The lowest BCUT2D eigenvalue weighted by atomic mass is 10.1. The highest BCUT2D eigenvalue weighted by atomic mass is 32.2. The maximum Gasteiger partial charge on any atom is 0.234 e. The molecule has 0 unspecified atom stereocenters. The molecule has 0 aliphatic rings. The Hall–Kier alpha value is -3.32. The summed E-state index contributed by atoms with van der Waals surface area (Å²) < 4.78 is 3.88. The minimum atomic E-state index is -0.0741. The Morgan fingerprint density at radius 3 is 2.47 bits per heavy atom. The number of hydrogen-bond donors (Lipinski definition) is 1. The van der Waals surface area contributed by atoms with Crippen LogP contribution in [0.5, 0.6) is 0 Å². The number of carbonyl (C=O) groups excluding carboxylic acids is 1. The van der Waals surface area contributed by atoms with Gasteiger partial charge in [-0.15, -0.1) is 10.2 Å². The number of benzene rings is 2. The van der Waals surface area contributed by atoms with Gasteiger partial charge in [0, 0.05) is 24.5 Å². The lowest BCUT2D eigenvalue weighted by molar-refractivity contribution is -0.113. The van der Waals surface area contributed by atoms with E-state index in [1.165, 1.54) is 17.3 Å². The summed E-state index contributed by atoms with van der Waals surface area (Å²) in [6.45, 7) is 4.09. The van der Waals surface area contributed by atoms with Crippen molar-refractivity contribution < 1.29 is 4.79 Å². The van der Waals surface area contributed by atoms with Gasteiger partial charge in [-0.3, -0.25) is 9.47 Å². The van der Waals surface area contributed by atoms with Crippen LogP contribution in [0.4, 0.5) is 5.69 Å². The summed E-state index contributed by atoms with van der Waals surface area (Å²) in [5.41, 5.74) is 4.31. The van der Waals surface area contributed by atoms with Crippen molar-refractivity contribution >= 4 is 23.4 Å². The standard InChI is InChI=1S/C23H23N5OS/c1-17-10-11-20(14-18(17)2)24-22(29)16-30-23-26-25-21(15-19-8-4-3-5-9-19)28(23)27-12-6-7-13-27/h3-14H,15-16H2,1-2H3,(H,24,29). The number of hydrogen-bond acceptors (Lipinski definition) is 4. The van der Waals surface area contributed by atoms with Gasteiger partial charge in [-0.25, -0.2) is 4.68 Å². The fraction of sp³-hybridized carbons (Fsp3) is 0.174. The molecule has 2 heterocycles. The molecule has 0 atom stereocenters. The van der Waals surface area contributed by atoms with Gasteiger partial charge < -0.3 is 5.32 Å². The molecule has 1 amide bonds. The van der Waals surface area contributed by atoms with Crippen LogP contribution in [-0.2, 0) is 11.2 Å². The van der Waals surface area contributed by atoms with E-state index in [-0.39, 0.29) is 11.7 Å². The highest BCUT2D eigenvalue weighted by Gasteiger charge is 2.16. The van der Waals surface area contributed by atoms with Crippen molar-refractivity contribution in [3.8, 4) is 0 Å². The number of rotatable bonds is 7. The maximum atomic E-state index is 12.5. The number of aromatic nitrogens is 4. The number of carbonyl (C=O) groups is 1. The zero-order chi connectivity index (χ0) is 20.9. The van der Waals surface area contributed by atoms with Gasteiger partial charge in [0.2, 0.25) is 11.1 Å². The second-order valence-corrected chi connectivity index (χ2v) is 8.01. The smallest absolute Gasteiger partial charge is 0.234 e. The van der Waals surface area contributed by atoms with Crippen molar-refractivity contribution in [3.63, 3.8) is 0 Å². The van der Waals surface area contributed by atoms with Crippen LogP contribution >= 0.6 is 11.8 Å². The summed E-state index contributed by atoms with van der Waals surface area (Å²) in [6.07, 6.45) is 4.54. The van der Waals surface area contributed by atoms with E-state index >= 15 is 0 Å². The molecule has 0 saturated carbocycles. The molecule has 30 heavy (non-hydrogen) atoms. The van der Waals surface area contributed by atoms with Gasteiger partial charge in [-0.1, -0.05) is 48.2 Å². The molecule has 0 fully saturated rings. The first kappa shape index (κ1) is 20.0. The van der Waals surface area contributed by atoms with Gasteiger partial charge in [-0.2, -0.15) is 0 Å². The Morgan fingerprint density at radius 1 is 0.967 bits per heavy atom. The first-order valence-corrected chi connectivity index (χ1v) is 10.7. The molecule has 4 rings (SSSR count). The molecule has 2 aromatic carbocycles. The van der Waals surface area contributed by atoms with Gasteiger partial charge in [-0.05, 0) is 54.8 Å². The summed E-state index contributed by atoms with van der Waals surface area (Å²) in [6, 6.07) is 20.0. The van der Waals surface area contributed by atoms with Crippen molar-refractivity contribution in [2.24, 2.45) is 0 Å². The minimum Gasteiger partial charge on any atom is -0.325 e. The highest BCUT2D eigenvalue weighted by molar-refractivity contribution is 7.99. The Bertz CT molecular complexity index is 1140. The molecule has 0 aliphatic carbocycles. The van der Waals surface area contributed by atoms with Crippen molar-refractivity contribution in [1.82, 2.24) is 19.5 Å². The zero-order valence-electron chi connectivity index (χ0n) is 16.9. The van der Waals surface area contributed by atoms with E-state index in [2.05, 4.69) is 34.6 Å². The summed E-state index contributed by atoms with van der Waals surface area (Å²) in [7, 11) is 0. The monoisotopic (exact) mass is 417 g/mol. The molecular formula is C23H23N5OS. The Kier molecular flexibility index (Phi) is 5.99. The van der Waals surface area contributed by atoms with E-state index in [1.807, 2.05) is 77.2 Å². The predicted molar refractivity (Wildman–Crippen MR) is 120 cm³/mol. The Balaban J connectivity index is 1.49. The fourth-order valence-electron chi connectivity index (χ4n) is 3.11. The molecule has 0 saturated heterocycles. The molecule has 6 nitrogen and oxygen atoms in total. The van der Waals surface area contributed by atoms with E-state index in [4.69, 9.17) is 0 Å². The normalized spacial score (nSPS) is 10.9. The third-order valence-electron chi connectivity index (χ3n) is 4.82. The Labute approximate surface area is 179 Å². The van der Waals surface area contributed by atoms with Crippen LogP contribution in [0.3, 0.4) is 0 Å². The second-order valence-electron chi connectivity index (χ2n) is 7.07. The number of nitrogens with one attached hydrogen (secondary N) is 1. The largest absolute Gasteiger partial charge is 0.325 e. The summed E-state index contributed by atoms with van der Waals surface area (Å²) in [5, 5.41) is 12.4. The van der Waals surface area contributed by atoms with Crippen LogP contribution in [0, 0.1) is 13.8 Å². The number of aryl methyl sites for hydroxylation is 2. The topological polar surface area (TPSA) is 64.7 Å². The van der Waals surface area contributed by atoms with E-state index in [9.17, 15) is 4.79 Å². The van der Waals surface area contributed by atoms with Crippen LogP contribution in [0.2, 0.25) is 0 Å². The van der Waals surface area contributed by atoms with Crippen LogP contribution < -0.4 is 5.32 Å². The molecule has 2 aromatic heterocycles. The van der Waals surface area contributed by atoms with Gasteiger partial charge in [0.1, 0.15) is 0 Å². The summed E-state index contributed by atoms with van der Waals surface area (Å²) in [5.74, 6) is 0.988. The second kappa shape index (κ2) is 9.00. The molecule has 4 aromatic rings. The van der Waals surface area contributed by atoms with Crippen LogP contribution in [0.1, 0.15) is 22.5 Å². The van der Waals surface area contributed by atoms with E-state index in [0.29, 0.717) is 11.6 Å². The van der Waals surface area contributed by atoms with Crippen molar-refractivity contribution in [2.45, 2.75) is 25.4 Å². The highest BCUT2D eigenvalue weighted by Crippen LogP contribution is 2.20. The average molecular weight is 418 g/mol. The number of amides is 1. The number of thioether (sulfide) groups is 1. The predicted octanol–water partition coefficient (Wildman–Crippen LogP) is 4.33. The van der Waals surface area contributed by atoms with Crippen LogP contribution in [0.25, 0.3) is 0 Å². The van der Waals surface area contributed by atoms with Gasteiger partial charge in [0.25, 0.3) is 0 Å². The van der Waals surface area contributed by atoms with Crippen molar-refractivity contribution in [2.75, 3.05) is 11.1 Å². The molecule has 0 radical (unpaired) electrons. The first-order chi connectivity index (χ1) is 14.6. The van der Waals surface area contributed by atoms with E-state index < -0.39 is 0 Å². The molecule has 0 aliphatic heterocycles. The van der Waals surface area contributed by atoms with Gasteiger partial charge in [0.05, 0.1) is 5.75 Å². The first-order valence-electron chi connectivity index (χ1n) is 9.72. The SMILES string of the molecule is Cc1ccc(NC(=O)CSc2nnc(Cc3ccccc3)n2-n2cccc2)cc1C.